The van der Waals surface area contributed by atoms with Crippen LogP contribution in [0.4, 0.5) is 0 Å². The highest BCUT2D eigenvalue weighted by atomic mass is 32.2. The Balaban J connectivity index is 2.78. The number of hydrogen-bond donors (Lipinski definition) is 2. The third-order valence-electron chi connectivity index (χ3n) is 2.14. The molecule has 0 atom stereocenters. The molecule has 0 aliphatic carbocycles. The summed E-state index contributed by atoms with van der Waals surface area (Å²) in [7, 11) is 0. The van der Waals surface area contributed by atoms with Crippen molar-refractivity contribution in [2.45, 2.75) is 18.7 Å². The second-order valence-corrected chi connectivity index (χ2v) is 4.58. The van der Waals surface area contributed by atoms with Gasteiger partial charge in [-0.25, -0.2) is 0 Å². The third-order valence-corrected chi connectivity index (χ3v) is 3.11. The van der Waals surface area contributed by atoms with Crippen molar-refractivity contribution in [1.82, 2.24) is 5.32 Å². The number of rotatable bonds is 5. The molecule has 0 saturated carbocycles. The summed E-state index contributed by atoms with van der Waals surface area (Å²) >= 11 is 1.59. The van der Waals surface area contributed by atoms with Crippen molar-refractivity contribution < 1.29 is 9.90 Å². The number of amides is 1. The van der Waals surface area contributed by atoms with Crippen LogP contribution in [0.2, 0.25) is 0 Å². The predicted molar refractivity (Wildman–Crippen MR) is 67.0 cm³/mol. The summed E-state index contributed by atoms with van der Waals surface area (Å²) in [6.07, 6.45) is 0. The minimum absolute atomic E-state index is 0.0290. The fraction of sp³-hybridized carbons (Fsp3) is 0.417. The van der Waals surface area contributed by atoms with Crippen molar-refractivity contribution in [3.8, 4) is 0 Å². The van der Waals surface area contributed by atoms with Gasteiger partial charge in [0.05, 0.1) is 6.61 Å². The summed E-state index contributed by atoms with van der Waals surface area (Å²) in [5.41, 5.74) is 1.68. The molecule has 1 aromatic carbocycles. The van der Waals surface area contributed by atoms with Gasteiger partial charge in [-0.3, -0.25) is 4.79 Å². The van der Waals surface area contributed by atoms with Crippen LogP contribution >= 0.6 is 11.8 Å². The molecule has 0 spiro atoms. The van der Waals surface area contributed by atoms with Gasteiger partial charge in [-0.05, 0) is 37.6 Å². The summed E-state index contributed by atoms with van der Waals surface area (Å²) in [5.74, 6) is 0.652. The number of hydrogen-bond acceptors (Lipinski definition) is 3. The number of carbonyl (C=O) groups excluding carboxylic acids is 1. The lowest BCUT2D eigenvalue weighted by Crippen LogP contribution is -2.23. The Hall–Kier alpha value is -1.00. The molecule has 0 aliphatic rings. The first-order valence-electron chi connectivity index (χ1n) is 5.31. The van der Waals surface area contributed by atoms with Crippen molar-refractivity contribution >= 4 is 17.7 Å². The van der Waals surface area contributed by atoms with Crippen molar-refractivity contribution in [1.29, 1.82) is 0 Å². The lowest BCUT2D eigenvalue weighted by Gasteiger charge is -2.07. The summed E-state index contributed by atoms with van der Waals surface area (Å²) in [4.78, 5) is 12.7. The van der Waals surface area contributed by atoms with Gasteiger partial charge in [-0.1, -0.05) is 0 Å². The molecule has 3 nitrogen and oxygen atoms in total. The monoisotopic (exact) mass is 239 g/mol. The SMILES string of the molecule is CCNC(=O)c1ccc(SCCO)cc1C. The highest BCUT2D eigenvalue weighted by Crippen LogP contribution is 2.20. The van der Waals surface area contributed by atoms with E-state index in [1.807, 2.05) is 32.0 Å². The van der Waals surface area contributed by atoms with Gasteiger partial charge in [0.15, 0.2) is 0 Å². The Morgan fingerprint density at radius 1 is 1.50 bits per heavy atom. The second-order valence-electron chi connectivity index (χ2n) is 3.41. The molecule has 0 radical (unpaired) electrons. The zero-order valence-electron chi connectivity index (χ0n) is 9.62. The van der Waals surface area contributed by atoms with Crippen LogP contribution in [0.15, 0.2) is 23.1 Å². The Bertz CT molecular complexity index is 366. The van der Waals surface area contributed by atoms with Gasteiger partial charge in [0.2, 0.25) is 0 Å². The van der Waals surface area contributed by atoms with Crippen molar-refractivity contribution in [2.24, 2.45) is 0 Å². The number of aryl methyl sites for hydroxylation is 1. The van der Waals surface area contributed by atoms with E-state index < -0.39 is 0 Å². The molecule has 0 saturated heterocycles. The number of nitrogens with one attached hydrogen (secondary N) is 1. The highest BCUT2D eigenvalue weighted by molar-refractivity contribution is 7.99. The molecule has 0 unspecified atom stereocenters. The summed E-state index contributed by atoms with van der Waals surface area (Å²) < 4.78 is 0. The molecule has 16 heavy (non-hydrogen) atoms. The van der Waals surface area contributed by atoms with Gasteiger partial charge >= 0.3 is 0 Å². The number of carbonyl (C=O) groups is 1. The molecule has 0 aromatic heterocycles. The second kappa shape index (κ2) is 6.55. The largest absolute Gasteiger partial charge is 0.396 e. The molecule has 0 bridgehead atoms. The van der Waals surface area contributed by atoms with E-state index in [9.17, 15) is 4.79 Å². The van der Waals surface area contributed by atoms with Gasteiger partial charge < -0.3 is 10.4 Å². The van der Waals surface area contributed by atoms with Crippen LogP contribution in [0.5, 0.6) is 0 Å². The first-order valence-corrected chi connectivity index (χ1v) is 6.30. The van der Waals surface area contributed by atoms with Crippen LogP contribution in [-0.2, 0) is 0 Å². The van der Waals surface area contributed by atoms with Crippen LogP contribution < -0.4 is 5.32 Å². The maximum absolute atomic E-state index is 11.6. The Morgan fingerprint density at radius 3 is 2.81 bits per heavy atom. The molecule has 4 heteroatoms. The molecule has 88 valence electrons. The molecule has 1 rings (SSSR count). The summed E-state index contributed by atoms with van der Waals surface area (Å²) in [6.45, 7) is 4.63. The number of aliphatic hydroxyl groups is 1. The van der Waals surface area contributed by atoms with Crippen LogP contribution in [0.3, 0.4) is 0 Å². The van der Waals surface area contributed by atoms with Gasteiger partial charge in [0.1, 0.15) is 0 Å². The van der Waals surface area contributed by atoms with E-state index in [1.54, 1.807) is 11.8 Å². The third kappa shape index (κ3) is 3.54. The Kier molecular flexibility index (Phi) is 5.35. The molecular formula is C12H17NO2S. The zero-order valence-corrected chi connectivity index (χ0v) is 10.4. The fourth-order valence-corrected chi connectivity index (χ4v) is 2.15. The average Bonchev–Trinajstić information content (AvgIpc) is 2.26. The minimum Gasteiger partial charge on any atom is -0.396 e. The smallest absolute Gasteiger partial charge is 0.251 e. The zero-order chi connectivity index (χ0) is 12.0. The normalized spacial score (nSPS) is 10.2. The lowest BCUT2D eigenvalue weighted by molar-refractivity contribution is 0.0955. The van der Waals surface area contributed by atoms with Gasteiger partial charge in [-0.15, -0.1) is 11.8 Å². The molecular weight excluding hydrogens is 222 g/mol. The van der Waals surface area contributed by atoms with E-state index in [0.29, 0.717) is 12.3 Å². The maximum atomic E-state index is 11.6. The topological polar surface area (TPSA) is 49.3 Å². The summed E-state index contributed by atoms with van der Waals surface area (Å²) in [6, 6.07) is 5.73. The molecule has 1 aromatic rings. The number of aliphatic hydroxyl groups excluding tert-OH is 1. The highest BCUT2D eigenvalue weighted by Gasteiger charge is 2.08. The average molecular weight is 239 g/mol. The number of thioether (sulfide) groups is 1. The van der Waals surface area contributed by atoms with Crippen molar-refractivity contribution in [3.05, 3.63) is 29.3 Å². The van der Waals surface area contributed by atoms with E-state index in [4.69, 9.17) is 5.11 Å². The first kappa shape index (κ1) is 13.1. The first-order chi connectivity index (χ1) is 7.69. The van der Waals surface area contributed by atoms with E-state index in [2.05, 4.69) is 5.32 Å². The van der Waals surface area contributed by atoms with Crippen molar-refractivity contribution in [3.63, 3.8) is 0 Å². The lowest BCUT2D eigenvalue weighted by atomic mass is 10.1. The Morgan fingerprint density at radius 2 is 2.25 bits per heavy atom. The minimum atomic E-state index is -0.0290. The predicted octanol–water partition coefficient (Wildman–Crippen LogP) is 1.83. The van der Waals surface area contributed by atoms with Gasteiger partial charge in [0.25, 0.3) is 5.91 Å². The fourth-order valence-electron chi connectivity index (χ4n) is 1.40. The van der Waals surface area contributed by atoms with Crippen LogP contribution in [0.25, 0.3) is 0 Å². The Labute approximate surface area is 100 Å². The van der Waals surface area contributed by atoms with E-state index in [-0.39, 0.29) is 12.5 Å². The molecule has 1 amide bonds. The molecule has 0 heterocycles. The molecule has 2 N–H and O–H groups in total. The number of benzene rings is 1. The van der Waals surface area contributed by atoms with E-state index >= 15 is 0 Å². The quantitative estimate of drug-likeness (QED) is 0.771. The van der Waals surface area contributed by atoms with Crippen LogP contribution in [0.1, 0.15) is 22.8 Å². The van der Waals surface area contributed by atoms with Gasteiger partial charge in [-0.2, -0.15) is 0 Å². The van der Waals surface area contributed by atoms with E-state index in [1.165, 1.54) is 0 Å². The molecule has 0 fully saturated rings. The van der Waals surface area contributed by atoms with Crippen LogP contribution in [-0.4, -0.2) is 29.9 Å². The van der Waals surface area contributed by atoms with Crippen LogP contribution in [0, 0.1) is 6.92 Å². The van der Waals surface area contributed by atoms with E-state index in [0.717, 1.165) is 16.0 Å². The standard InChI is InChI=1S/C12H17NO2S/c1-3-13-12(15)11-5-4-10(8-9(11)2)16-7-6-14/h4-5,8,14H,3,6-7H2,1-2H3,(H,13,15). The maximum Gasteiger partial charge on any atom is 0.251 e. The summed E-state index contributed by atoms with van der Waals surface area (Å²) in [5, 5.41) is 11.5. The van der Waals surface area contributed by atoms with Crippen molar-refractivity contribution in [2.75, 3.05) is 18.9 Å². The molecule has 0 aliphatic heterocycles. The van der Waals surface area contributed by atoms with Gasteiger partial charge in [0, 0.05) is 22.8 Å².